The zero-order valence-electron chi connectivity index (χ0n) is 20.1. The normalized spacial score (nSPS) is 25.8. The predicted octanol–water partition coefficient (Wildman–Crippen LogP) is 3.33. The molecule has 2 fully saturated rings. The lowest BCUT2D eigenvalue weighted by atomic mass is 9.74. The fourth-order valence-corrected chi connectivity index (χ4v) is 5.70. The third kappa shape index (κ3) is 4.99. The van der Waals surface area contributed by atoms with Crippen LogP contribution in [0.15, 0.2) is 12.1 Å². The first-order valence-corrected chi connectivity index (χ1v) is 12.1. The number of carbonyl (C=O) groups excluding carboxylic acids is 1. The molecular weight excluding hydrogens is 406 g/mol. The molecule has 3 atom stereocenters. The fraction of sp³-hybridized carbons (Fsp3) is 0.720. The van der Waals surface area contributed by atoms with E-state index in [2.05, 4.69) is 36.2 Å². The van der Waals surface area contributed by atoms with Crippen LogP contribution in [0.25, 0.3) is 0 Å². The number of amides is 1. The van der Waals surface area contributed by atoms with Crippen LogP contribution in [0.3, 0.4) is 0 Å². The Morgan fingerprint density at radius 1 is 1.09 bits per heavy atom. The molecule has 0 bridgehead atoms. The lowest BCUT2D eigenvalue weighted by molar-refractivity contribution is 0.00495. The van der Waals surface area contributed by atoms with Gasteiger partial charge in [0.1, 0.15) is 0 Å². The van der Waals surface area contributed by atoms with E-state index in [0.717, 1.165) is 70.0 Å². The lowest BCUT2D eigenvalue weighted by Gasteiger charge is -2.47. The van der Waals surface area contributed by atoms with Gasteiger partial charge in [0.2, 0.25) is 0 Å². The monoisotopic (exact) mass is 445 g/mol. The molecule has 1 amide bonds. The largest absolute Gasteiger partial charge is 0.493 e. The maximum Gasteiger partial charge on any atom is 0.409 e. The number of piperazine rings is 1. The average Bonchev–Trinajstić information content (AvgIpc) is 2.81. The predicted molar refractivity (Wildman–Crippen MR) is 124 cm³/mol. The summed E-state index contributed by atoms with van der Waals surface area (Å²) in [5, 5.41) is 3.29. The molecule has 2 saturated heterocycles. The number of benzene rings is 1. The number of piperidine rings is 1. The molecule has 7 heteroatoms. The Balaban J connectivity index is 1.51. The van der Waals surface area contributed by atoms with Crippen LogP contribution in [0, 0.1) is 17.8 Å². The van der Waals surface area contributed by atoms with Gasteiger partial charge in [-0.15, -0.1) is 0 Å². The minimum absolute atomic E-state index is 0.160. The molecule has 178 valence electrons. The number of fused-ring (bicyclic) bond motifs is 3. The van der Waals surface area contributed by atoms with Gasteiger partial charge in [0.25, 0.3) is 0 Å². The van der Waals surface area contributed by atoms with Crippen LogP contribution in [0.5, 0.6) is 11.5 Å². The molecule has 3 heterocycles. The number of methoxy groups -OCH3 is 2. The van der Waals surface area contributed by atoms with Gasteiger partial charge in [-0.2, -0.15) is 0 Å². The van der Waals surface area contributed by atoms with Crippen molar-refractivity contribution >= 4 is 6.09 Å². The topological polar surface area (TPSA) is 63.3 Å². The van der Waals surface area contributed by atoms with E-state index in [9.17, 15) is 4.79 Å². The van der Waals surface area contributed by atoms with E-state index in [1.807, 2.05) is 4.90 Å². The molecule has 0 aromatic heterocycles. The van der Waals surface area contributed by atoms with Crippen molar-refractivity contribution in [3.05, 3.63) is 23.3 Å². The highest BCUT2D eigenvalue weighted by molar-refractivity contribution is 5.67. The summed E-state index contributed by atoms with van der Waals surface area (Å²) in [6.07, 6.45) is 3.04. The molecule has 3 aliphatic rings. The molecule has 32 heavy (non-hydrogen) atoms. The Bertz CT molecular complexity index is 794. The van der Waals surface area contributed by atoms with Gasteiger partial charge in [-0.1, -0.05) is 13.8 Å². The van der Waals surface area contributed by atoms with Gasteiger partial charge in [0, 0.05) is 45.3 Å². The second kappa shape index (κ2) is 10.3. The molecule has 1 aromatic carbocycles. The van der Waals surface area contributed by atoms with E-state index < -0.39 is 0 Å². The van der Waals surface area contributed by atoms with Crippen molar-refractivity contribution in [1.82, 2.24) is 15.1 Å². The van der Waals surface area contributed by atoms with E-state index in [0.29, 0.717) is 30.4 Å². The van der Waals surface area contributed by atoms with Gasteiger partial charge in [-0.3, -0.25) is 4.90 Å². The minimum Gasteiger partial charge on any atom is -0.493 e. The maximum atomic E-state index is 12.6. The van der Waals surface area contributed by atoms with Crippen LogP contribution >= 0.6 is 0 Å². The highest BCUT2D eigenvalue weighted by atomic mass is 16.6. The van der Waals surface area contributed by atoms with Crippen molar-refractivity contribution in [3.63, 3.8) is 0 Å². The Kier molecular flexibility index (Phi) is 7.46. The summed E-state index contributed by atoms with van der Waals surface area (Å²) in [5.74, 6) is 3.13. The zero-order chi connectivity index (χ0) is 22.7. The van der Waals surface area contributed by atoms with Gasteiger partial charge in [0.05, 0.1) is 20.8 Å². The number of carbonyl (C=O) groups is 1. The third-order valence-corrected chi connectivity index (χ3v) is 7.35. The molecule has 0 aliphatic carbocycles. The fourth-order valence-electron chi connectivity index (χ4n) is 5.70. The van der Waals surface area contributed by atoms with Crippen LogP contribution in [-0.2, 0) is 11.2 Å². The molecule has 4 rings (SSSR count). The van der Waals surface area contributed by atoms with Gasteiger partial charge in [0.15, 0.2) is 11.5 Å². The van der Waals surface area contributed by atoms with Crippen LogP contribution in [0.4, 0.5) is 4.79 Å². The summed E-state index contributed by atoms with van der Waals surface area (Å²) in [6.45, 7) is 10.3. The van der Waals surface area contributed by atoms with E-state index in [1.165, 1.54) is 11.1 Å². The van der Waals surface area contributed by atoms with Crippen molar-refractivity contribution in [2.75, 3.05) is 60.1 Å². The zero-order valence-corrected chi connectivity index (χ0v) is 20.1. The molecule has 1 aromatic rings. The lowest BCUT2D eigenvalue weighted by Crippen LogP contribution is -2.49. The second-order valence-electron chi connectivity index (χ2n) is 9.87. The summed E-state index contributed by atoms with van der Waals surface area (Å²) in [7, 11) is 3.39. The van der Waals surface area contributed by atoms with E-state index in [1.54, 1.807) is 14.2 Å². The third-order valence-electron chi connectivity index (χ3n) is 7.35. The van der Waals surface area contributed by atoms with E-state index in [4.69, 9.17) is 14.2 Å². The first kappa shape index (κ1) is 23.2. The second-order valence-corrected chi connectivity index (χ2v) is 9.87. The van der Waals surface area contributed by atoms with Crippen molar-refractivity contribution < 1.29 is 19.0 Å². The molecule has 3 unspecified atom stereocenters. The smallest absolute Gasteiger partial charge is 0.409 e. The molecule has 0 radical (unpaired) electrons. The average molecular weight is 446 g/mol. The Labute approximate surface area is 192 Å². The first-order valence-electron chi connectivity index (χ1n) is 12.1. The van der Waals surface area contributed by atoms with Gasteiger partial charge in [-0.05, 0) is 60.3 Å². The number of ether oxygens (including phenoxy) is 3. The quantitative estimate of drug-likeness (QED) is 0.725. The van der Waals surface area contributed by atoms with Crippen LogP contribution in [-0.4, -0.2) is 76.0 Å². The van der Waals surface area contributed by atoms with Crippen molar-refractivity contribution in [1.29, 1.82) is 0 Å². The van der Waals surface area contributed by atoms with Gasteiger partial charge in [-0.25, -0.2) is 4.79 Å². The van der Waals surface area contributed by atoms with Crippen molar-refractivity contribution in [3.8, 4) is 11.5 Å². The molecule has 3 aliphatic heterocycles. The minimum atomic E-state index is -0.160. The van der Waals surface area contributed by atoms with Crippen LogP contribution in [0.2, 0.25) is 0 Å². The number of nitrogens with one attached hydrogen (secondary N) is 1. The summed E-state index contributed by atoms with van der Waals surface area (Å²) in [6, 6.07) is 4.65. The number of nitrogens with zero attached hydrogens (tertiary/aromatic N) is 2. The number of hydrogen-bond donors (Lipinski definition) is 1. The highest BCUT2D eigenvalue weighted by Gasteiger charge is 2.40. The summed E-state index contributed by atoms with van der Waals surface area (Å²) < 4.78 is 17.0. The van der Waals surface area contributed by atoms with Gasteiger partial charge < -0.3 is 24.4 Å². The van der Waals surface area contributed by atoms with Gasteiger partial charge >= 0.3 is 6.09 Å². The first-order chi connectivity index (χ1) is 15.5. The van der Waals surface area contributed by atoms with Crippen LogP contribution in [0.1, 0.15) is 43.9 Å². The van der Waals surface area contributed by atoms with E-state index in [-0.39, 0.29) is 6.09 Å². The standard InChI is InChI=1S/C25H39N3O4/c1-17(2)11-19-15-28-8-5-18-13-23(30-3)24(31-4)14-21(18)22(28)12-20(19)16-32-25(29)27-9-6-26-7-10-27/h13-14,17,19-20,22,26H,5-12,15-16H2,1-4H3. The Hall–Kier alpha value is -1.99. The van der Waals surface area contributed by atoms with Crippen molar-refractivity contribution in [2.24, 2.45) is 17.8 Å². The molecule has 0 saturated carbocycles. The maximum absolute atomic E-state index is 12.6. The summed E-state index contributed by atoms with van der Waals surface area (Å²) in [5.41, 5.74) is 2.69. The highest BCUT2D eigenvalue weighted by Crippen LogP contribution is 2.45. The number of rotatable bonds is 6. The molecule has 7 nitrogen and oxygen atoms in total. The SMILES string of the molecule is COc1cc2c(cc1OC)C1CC(COC(=O)N3CCNCC3)C(CC(C)C)CN1CC2. The number of hydrogen-bond acceptors (Lipinski definition) is 6. The molecule has 0 spiro atoms. The Morgan fingerprint density at radius 3 is 2.50 bits per heavy atom. The van der Waals surface area contributed by atoms with Crippen LogP contribution < -0.4 is 14.8 Å². The molecule has 1 N–H and O–H groups in total. The molecular formula is C25H39N3O4. The summed E-state index contributed by atoms with van der Waals surface area (Å²) >= 11 is 0. The van der Waals surface area contributed by atoms with Crippen molar-refractivity contribution in [2.45, 2.75) is 39.2 Å². The summed E-state index contributed by atoms with van der Waals surface area (Å²) in [4.78, 5) is 17.1. The Morgan fingerprint density at radius 2 is 1.81 bits per heavy atom. The van der Waals surface area contributed by atoms with E-state index >= 15 is 0 Å².